The third kappa shape index (κ3) is 5.04. The summed E-state index contributed by atoms with van der Waals surface area (Å²) in [6.45, 7) is 1.42. The van der Waals surface area contributed by atoms with Crippen LogP contribution in [0.4, 0.5) is 17.1 Å². The minimum atomic E-state index is -0.365. The average Bonchev–Trinajstić information content (AvgIpc) is 2.74. The molecule has 2 N–H and O–H groups in total. The number of para-hydroxylation sites is 1. The number of anilines is 3. The molecule has 3 rings (SSSR count). The van der Waals surface area contributed by atoms with Crippen molar-refractivity contribution in [2.24, 2.45) is 0 Å². The second-order valence-corrected chi connectivity index (χ2v) is 6.34. The highest BCUT2D eigenvalue weighted by molar-refractivity contribution is 6.08. The second-order valence-electron chi connectivity index (χ2n) is 6.34. The summed E-state index contributed by atoms with van der Waals surface area (Å²) in [5.74, 6) is -0.849. The van der Waals surface area contributed by atoms with Crippen LogP contribution in [0, 0.1) is 0 Å². The van der Waals surface area contributed by atoms with E-state index in [1.165, 1.54) is 24.1 Å². The van der Waals surface area contributed by atoms with Gasteiger partial charge < -0.3 is 15.5 Å². The molecule has 1 aromatic heterocycles. The maximum Gasteiger partial charge on any atom is 0.276 e. The van der Waals surface area contributed by atoms with E-state index in [2.05, 4.69) is 15.6 Å². The number of carbonyl (C=O) groups excluding carboxylic acids is 3. The van der Waals surface area contributed by atoms with Crippen molar-refractivity contribution in [3.05, 3.63) is 84.2 Å². The number of hydrogen-bond acceptors (Lipinski definition) is 4. The van der Waals surface area contributed by atoms with Crippen molar-refractivity contribution < 1.29 is 14.4 Å². The van der Waals surface area contributed by atoms with Crippen LogP contribution < -0.4 is 15.5 Å². The summed E-state index contributed by atoms with van der Waals surface area (Å²) in [6.07, 6.45) is 1.43. The SMILES string of the molecule is CC(=O)Nc1ccc(NC(=O)c2ccnc(C(=O)N(C)c3ccccc3)c2)cc1. The third-order valence-electron chi connectivity index (χ3n) is 4.15. The van der Waals surface area contributed by atoms with Crippen LogP contribution in [0.1, 0.15) is 27.8 Å². The maximum atomic E-state index is 12.7. The highest BCUT2D eigenvalue weighted by atomic mass is 16.2. The molecule has 0 aliphatic rings. The predicted molar refractivity (Wildman–Crippen MR) is 112 cm³/mol. The van der Waals surface area contributed by atoms with Crippen molar-refractivity contribution in [3.63, 3.8) is 0 Å². The van der Waals surface area contributed by atoms with Crippen molar-refractivity contribution in [1.29, 1.82) is 0 Å². The van der Waals surface area contributed by atoms with E-state index in [9.17, 15) is 14.4 Å². The summed E-state index contributed by atoms with van der Waals surface area (Å²) in [4.78, 5) is 41.9. The summed E-state index contributed by atoms with van der Waals surface area (Å²) in [7, 11) is 1.66. The molecule has 0 fully saturated rings. The molecule has 3 amide bonds. The molecule has 0 saturated heterocycles. The van der Waals surface area contributed by atoms with Gasteiger partial charge in [-0.3, -0.25) is 19.4 Å². The normalized spacial score (nSPS) is 10.1. The quantitative estimate of drug-likeness (QED) is 0.699. The highest BCUT2D eigenvalue weighted by Gasteiger charge is 2.17. The third-order valence-corrected chi connectivity index (χ3v) is 4.15. The Labute approximate surface area is 168 Å². The average molecular weight is 388 g/mol. The zero-order chi connectivity index (χ0) is 20.8. The lowest BCUT2D eigenvalue weighted by molar-refractivity contribution is -0.114. The van der Waals surface area contributed by atoms with Gasteiger partial charge in [-0.2, -0.15) is 0 Å². The molecule has 0 radical (unpaired) electrons. The zero-order valence-corrected chi connectivity index (χ0v) is 16.0. The van der Waals surface area contributed by atoms with Gasteiger partial charge in [-0.25, -0.2) is 0 Å². The van der Waals surface area contributed by atoms with Gasteiger partial charge in [0.1, 0.15) is 5.69 Å². The van der Waals surface area contributed by atoms with Crippen molar-refractivity contribution >= 4 is 34.8 Å². The largest absolute Gasteiger partial charge is 0.326 e. The minimum absolute atomic E-state index is 0.170. The van der Waals surface area contributed by atoms with Gasteiger partial charge in [0.25, 0.3) is 11.8 Å². The number of carbonyl (C=O) groups is 3. The summed E-state index contributed by atoms with van der Waals surface area (Å²) in [5, 5.41) is 5.42. The number of hydrogen-bond donors (Lipinski definition) is 2. The fraction of sp³-hybridized carbons (Fsp3) is 0.0909. The number of amides is 3. The van der Waals surface area contributed by atoms with Crippen molar-refractivity contribution in [2.45, 2.75) is 6.92 Å². The van der Waals surface area contributed by atoms with E-state index in [0.29, 0.717) is 16.9 Å². The first-order valence-electron chi connectivity index (χ1n) is 8.92. The molecule has 1 heterocycles. The molecule has 0 aliphatic carbocycles. The number of aromatic nitrogens is 1. The topological polar surface area (TPSA) is 91.4 Å². The van der Waals surface area contributed by atoms with E-state index in [4.69, 9.17) is 0 Å². The molecule has 146 valence electrons. The van der Waals surface area contributed by atoms with Crippen LogP contribution in [0.2, 0.25) is 0 Å². The Morgan fingerprint density at radius 1 is 0.862 bits per heavy atom. The van der Waals surface area contributed by atoms with Crippen LogP contribution in [-0.2, 0) is 4.79 Å². The first-order chi connectivity index (χ1) is 13.9. The van der Waals surface area contributed by atoms with E-state index >= 15 is 0 Å². The molecule has 7 nitrogen and oxygen atoms in total. The Morgan fingerprint density at radius 3 is 2.10 bits per heavy atom. The van der Waals surface area contributed by atoms with Gasteiger partial charge in [-0.05, 0) is 48.5 Å². The van der Waals surface area contributed by atoms with Gasteiger partial charge in [0.2, 0.25) is 5.91 Å². The number of nitrogens with zero attached hydrogens (tertiary/aromatic N) is 2. The van der Waals surface area contributed by atoms with Crippen LogP contribution in [0.5, 0.6) is 0 Å². The lowest BCUT2D eigenvalue weighted by Crippen LogP contribution is -2.27. The van der Waals surface area contributed by atoms with Crippen LogP contribution in [0.15, 0.2) is 72.9 Å². The van der Waals surface area contributed by atoms with Gasteiger partial charge in [0.05, 0.1) is 0 Å². The first kappa shape index (κ1) is 19.8. The molecule has 0 atom stereocenters. The van der Waals surface area contributed by atoms with Gasteiger partial charge in [-0.1, -0.05) is 18.2 Å². The molecule has 0 bridgehead atoms. The van der Waals surface area contributed by atoms with Crippen molar-refractivity contribution in [2.75, 3.05) is 22.6 Å². The molecule has 0 unspecified atom stereocenters. The minimum Gasteiger partial charge on any atom is -0.326 e. The number of benzene rings is 2. The molecule has 0 saturated carbocycles. The summed E-state index contributed by atoms with van der Waals surface area (Å²) in [5.41, 5.74) is 2.42. The van der Waals surface area contributed by atoms with Gasteiger partial charge in [0.15, 0.2) is 0 Å². The molecule has 0 spiro atoms. The lowest BCUT2D eigenvalue weighted by atomic mass is 10.2. The van der Waals surface area contributed by atoms with Gasteiger partial charge >= 0.3 is 0 Å². The summed E-state index contributed by atoms with van der Waals surface area (Å²) in [6, 6.07) is 18.9. The number of rotatable bonds is 5. The molecule has 3 aromatic rings. The molecule has 7 heteroatoms. The van der Waals surface area contributed by atoms with Crippen LogP contribution in [-0.4, -0.2) is 29.8 Å². The van der Waals surface area contributed by atoms with Gasteiger partial charge in [-0.15, -0.1) is 0 Å². The number of nitrogens with one attached hydrogen (secondary N) is 2. The molecule has 2 aromatic carbocycles. The highest BCUT2D eigenvalue weighted by Crippen LogP contribution is 2.17. The van der Waals surface area contributed by atoms with Crippen molar-refractivity contribution in [1.82, 2.24) is 4.98 Å². The van der Waals surface area contributed by atoms with E-state index < -0.39 is 0 Å². The Bertz CT molecular complexity index is 1030. The fourth-order valence-electron chi connectivity index (χ4n) is 2.67. The Kier molecular flexibility index (Phi) is 5.99. The second kappa shape index (κ2) is 8.79. The Hall–Kier alpha value is -4.00. The van der Waals surface area contributed by atoms with Gasteiger partial charge in [0, 0.05) is 42.8 Å². The lowest BCUT2D eigenvalue weighted by Gasteiger charge is -2.17. The smallest absolute Gasteiger partial charge is 0.276 e. The predicted octanol–water partition coefficient (Wildman–Crippen LogP) is 3.57. The van der Waals surface area contributed by atoms with E-state index in [0.717, 1.165) is 5.69 Å². The van der Waals surface area contributed by atoms with Crippen molar-refractivity contribution in [3.8, 4) is 0 Å². The van der Waals surface area contributed by atoms with E-state index in [-0.39, 0.29) is 23.4 Å². The molecular formula is C22H20N4O3. The fourth-order valence-corrected chi connectivity index (χ4v) is 2.67. The van der Waals surface area contributed by atoms with E-state index in [1.807, 2.05) is 30.3 Å². The Morgan fingerprint density at radius 2 is 1.48 bits per heavy atom. The first-order valence-corrected chi connectivity index (χ1v) is 8.92. The zero-order valence-electron chi connectivity index (χ0n) is 16.0. The molecule has 29 heavy (non-hydrogen) atoms. The van der Waals surface area contributed by atoms with E-state index in [1.54, 1.807) is 37.4 Å². The van der Waals surface area contributed by atoms with Crippen LogP contribution >= 0.6 is 0 Å². The molecule has 0 aliphatic heterocycles. The summed E-state index contributed by atoms with van der Waals surface area (Å²) >= 11 is 0. The number of pyridine rings is 1. The monoisotopic (exact) mass is 388 g/mol. The standard InChI is InChI=1S/C22H20N4O3/c1-15(27)24-17-8-10-18(11-9-17)25-21(28)16-12-13-23-20(14-16)22(29)26(2)19-6-4-3-5-7-19/h3-14H,1-2H3,(H,24,27)(H,25,28). The maximum absolute atomic E-state index is 12.7. The molecular weight excluding hydrogens is 368 g/mol. The van der Waals surface area contributed by atoms with Crippen LogP contribution in [0.3, 0.4) is 0 Å². The summed E-state index contributed by atoms with van der Waals surface area (Å²) < 4.78 is 0. The van der Waals surface area contributed by atoms with Crippen LogP contribution in [0.25, 0.3) is 0 Å². The Balaban J connectivity index is 1.72.